The van der Waals surface area contributed by atoms with E-state index >= 15 is 0 Å². The SMILES string of the molecule is O=C(CCn1c(=O)oc2ccccc21)Nc1nc(-c2cc(Cl)ccc2Cl)cs1. The van der Waals surface area contributed by atoms with Crippen LogP contribution in [0.1, 0.15) is 6.42 Å². The number of carbonyl (C=O) groups excluding carboxylic acids is 1. The molecule has 0 saturated heterocycles. The fraction of sp³-hybridized carbons (Fsp3) is 0.105. The summed E-state index contributed by atoms with van der Waals surface area (Å²) < 4.78 is 6.60. The van der Waals surface area contributed by atoms with Crippen LogP contribution in [0.15, 0.2) is 57.1 Å². The predicted octanol–water partition coefficient (Wildman–Crippen LogP) is 5.05. The summed E-state index contributed by atoms with van der Waals surface area (Å²) in [6, 6.07) is 12.2. The van der Waals surface area contributed by atoms with Crippen LogP contribution >= 0.6 is 34.5 Å². The molecular weight excluding hydrogens is 421 g/mol. The number of nitrogens with one attached hydrogen (secondary N) is 1. The van der Waals surface area contributed by atoms with Gasteiger partial charge in [0.05, 0.1) is 16.2 Å². The van der Waals surface area contributed by atoms with E-state index in [1.807, 2.05) is 6.07 Å². The van der Waals surface area contributed by atoms with E-state index in [-0.39, 0.29) is 18.9 Å². The van der Waals surface area contributed by atoms with Gasteiger partial charge in [-0.05, 0) is 30.3 Å². The molecule has 0 aliphatic rings. The molecule has 2 aromatic carbocycles. The second kappa shape index (κ2) is 7.79. The molecule has 0 aliphatic heterocycles. The number of fused-ring (bicyclic) bond motifs is 1. The minimum atomic E-state index is -0.485. The van der Waals surface area contributed by atoms with E-state index in [1.165, 1.54) is 15.9 Å². The summed E-state index contributed by atoms with van der Waals surface area (Å²) in [7, 11) is 0. The Morgan fingerprint density at radius 2 is 2.04 bits per heavy atom. The molecule has 0 fully saturated rings. The molecule has 0 saturated carbocycles. The number of oxazole rings is 1. The van der Waals surface area contributed by atoms with Gasteiger partial charge < -0.3 is 9.73 Å². The van der Waals surface area contributed by atoms with E-state index in [4.69, 9.17) is 27.6 Å². The maximum absolute atomic E-state index is 12.3. The lowest BCUT2D eigenvalue weighted by atomic mass is 10.2. The van der Waals surface area contributed by atoms with Gasteiger partial charge in [0.25, 0.3) is 0 Å². The van der Waals surface area contributed by atoms with Gasteiger partial charge in [0.2, 0.25) is 5.91 Å². The van der Waals surface area contributed by atoms with Crippen LogP contribution in [0.3, 0.4) is 0 Å². The largest absolute Gasteiger partial charge is 0.419 e. The Morgan fingerprint density at radius 3 is 2.89 bits per heavy atom. The molecule has 2 aromatic heterocycles. The molecule has 0 unspecified atom stereocenters. The third kappa shape index (κ3) is 3.82. The molecule has 6 nitrogen and oxygen atoms in total. The van der Waals surface area contributed by atoms with Gasteiger partial charge in [0.15, 0.2) is 10.7 Å². The highest BCUT2D eigenvalue weighted by molar-refractivity contribution is 7.14. The van der Waals surface area contributed by atoms with Crippen molar-refractivity contribution in [2.24, 2.45) is 0 Å². The highest BCUT2D eigenvalue weighted by Gasteiger charge is 2.13. The zero-order valence-corrected chi connectivity index (χ0v) is 16.6. The van der Waals surface area contributed by atoms with Crippen molar-refractivity contribution in [2.75, 3.05) is 5.32 Å². The Labute approximate surface area is 173 Å². The van der Waals surface area contributed by atoms with Crippen LogP contribution in [-0.2, 0) is 11.3 Å². The van der Waals surface area contributed by atoms with Gasteiger partial charge in [0.1, 0.15) is 0 Å². The van der Waals surface area contributed by atoms with E-state index in [0.717, 1.165) is 0 Å². The molecule has 4 aromatic rings. The van der Waals surface area contributed by atoms with Gasteiger partial charge in [-0.25, -0.2) is 9.78 Å². The number of hydrogen-bond acceptors (Lipinski definition) is 5. The van der Waals surface area contributed by atoms with Crippen molar-refractivity contribution >= 4 is 56.7 Å². The standard InChI is InChI=1S/C19H13Cl2N3O3S/c20-11-5-6-13(21)12(9-11)14-10-28-18(22-14)23-17(25)7-8-24-15-3-1-2-4-16(15)27-19(24)26/h1-6,9-10H,7-8H2,(H,22,23,25). The van der Waals surface area contributed by atoms with Crippen molar-refractivity contribution in [1.82, 2.24) is 9.55 Å². The zero-order valence-electron chi connectivity index (χ0n) is 14.3. The van der Waals surface area contributed by atoms with Crippen molar-refractivity contribution in [2.45, 2.75) is 13.0 Å². The Morgan fingerprint density at radius 1 is 1.21 bits per heavy atom. The molecule has 28 heavy (non-hydrogen) atoms. The molecule has 0 spiro atoms. The van der Waals surface area contributed by atoms with Crippen LogP contribution in [0.2, 0.25) is 10.0 Å². The summed E-state index contributed by atoms with van der Waals surface area (Å²) in [6.07, 6.45) is 0.107. The second-order valence-corrected chi connectivity index (χ2v) is 7.65. The average molecular weight is 434 g/mol. The highest BCUT2D eigenvalue weighted by Crippen LogP contribution is 2.32. The molecular formula is C19H13Cl2N3O3S. The van der Waals surface area contributed by atoms with Gasteiger partial charge in [0, 0.05) is 28.9 Å². The van der Waals surface area contributed by atoms with E-state index in [9.17, 15) is 9.59 Å². The molecule has 142 valence electrons. The number of anilines is 1. The molecule has 2 heterocycles. The van der Waals surface area contributed by atoms with Gasteiger partial charge >= 0.3 is 5.76 Å². The van der Waals surface area contributed by atoms with Crippen LogP contribution in [0.4, 0.5) is 5.13 Å². The molecule has 0 atom stereocenters. The van der Waals surface area contributed by atoms with Crippen molar-refractivity contribution < 1.29 is 9.21 Å². The Balaban J connectivity index is 1.44. The number of amides is 1. The fourth-order valence-corrected chi connectivity index (χ4v) is 3.88. The maximum Gasteiger partial charge on any atom is 0.419 e. The topological polar surface area (TPSA) is 77.1 Å². The summed E-state index contributed by atoms with van der Waals surface area (Å²) in [5.41, 5.74) is 2.48. The molecule has 0 radical (unpaired) electrons. The number of para-hydroxylation sites is 2. The van der Waals surface area contributed by atoms with Crippen molar-refractivity contribution in [3.8, 4) is 11.3 Å². The number of aromatic nitrogens is 2. The number of benzene rings is 2. The third-order valence-corrected chi connectivity index (χ3v) is 5.41. The smallest absolute Gasteiger partial charge is 0.408 e. The van der Waals surface area contributed by atoms with Crippen LogP contribution in [-0.4, -0.2) is 15.5 Å². The zero-order chi connectivity index (χ0) is 19.7. The van der Waals surface area contributed by atoms with Crippen LogP contribution in [0, 0.1) is 0 Å². The minimum absolute atomic E-state index is 0.107. The summed E-state index contributed by atoms with van der Waals surface area (Å²) >= 11 is 13.5. The first-order valence-corrected chi connectivity index (χ1v) is 9.94. The number of carbonyl (C=O) groups is 1. The molecule has 4 rings (SSSR count). The number of nitrogens with zero attached hydrogens (tertiary/aromatic N) is 2. The number of halogens is 2. The van der Waals surface area contributed by atoms with Gasteiger partial charge in [-0.1, -0.05) is 35.3 Å². The van der Waals surface area contributed by atoms with Gasteiger partial charge in [-0.15, -0.1) is 11.3 Å². The van der Waals surface area contributed by atoms with Crippen molar-refractivity contribution in [3.63, 3.8) is 0 Å². The van der Waals surface area contributed by atoms with Gasteiger partial charge in [-0.3, -0.25) is 9.36 Å². The monoisotopic (exact) mass is 433 g/mol. The number of thiazole rings is 1. The lowest BCUT2D eigenvalue weighted by Crippen LogP contribution is -2.19. The van der Waals surface area contributed by atoms with Crippen LogP contribution in [0.5, 0.6) is 0 Å². The number of hydrogen-bond donors (Lipinski definition) is 1. The quantitative estimate of drug-likeness (QED) is 0.477. The van der Waals surface area contributed by atoms with E-state index in [1.54, 1.807) is 41.8 Å². The Bertz CT molecular complexity index is 1230. The van der Waals surface area contributed by atoms with Crippen LogP contribution in [0.25, 0.3) is 22.4 Å². The summed E-state index contributed by atoms with van der Waals surface area (Å²) in [5, 5.41) is 6.06. The number of rotatable bonds is 5. The fourth-order valence-electron chi connectivity index (χ4n) is 2.77. The summed E-state index contributed by atoms with van der Waals surface area (Å²) in [5.74, 6) is -0.739. The molecule has 1 N–H and O–H groups in total. The molecule has 0 bridgehead atoms. The molecule has 9 heteroatoms. The Hall–Kier alpha value is -2.61. The second-order valence-electron chi connectivity index (χ2n) is 5.95. The molecule has 0 aliphatic carbocycles. The number of aryl methyl sites for hydroxylation is 1. The highest BCUT2D eigenvalue weighted by atomic mass is 35.5. The van der Waals surface area contributed by atoms with Crippen LogP contribution < -0.4 is 11.1 Å². The lowest BCUT2D eigenvalue weighted by Gasteiger charge is -2.03. The van der Waals surface area contributed by atoms with Crippen molar-refractivity contribution in [3.05, 3.63) is 68.4 Å². The normalized spacial score (nSPS) is 11.1. The molecule has 1 amide bonds. The van der Waals surface area contributed by atoms with E-state index < -0.39 is 5.76 Å². The van der Waals surface area contributed by atoms with E-state index in [2.05, 4.69) is 10.3 Å². The first kappa shape index (κ1) is 18.7. The minimum Gasteiger partial charge on any atom is -0.408 e. The van der Waals surface area contributed by atoms with E-state index in [0.29, 0.717) is 37.5 Å². The van der Waals surface area contributed by atoms with Gasteiger partial charge in [-0.2, -0.15) is 0 Å². The first-order chi connectivity index (χ1) is 13.5. The average Bonchev–Trinajstić information content (AvgIpc) is 3.25. The maximum atomic E-state index is 12.3. The predicted molar refractivity (Wildman–Crippen MR) is 111 cm³/mol. The van der Waals surface area contributed by atoms with Crippen molar-refractivity contribution in [1.29, 1.82) is 0 Å². The first-order valence-electron chi connectivity index (χ1n) is 8.30. The Kier molecular flexibility index (Phi) is 5.21. The lowest BCUT2D eigenvalue weighted by molar-refractivity contribution is -0.116. The summed E-state index contributed by atoms with van der Waals surface area (Å²) in [6.45, 7) is 0.208. The third-order valence-electron chi connectivity index (χ3n) is 4.09. The summed E-state index contributed by atoms with van der Waals surface area (Å²) in [4.78, 5) is 28.6.